The molecule has 1 aliphatic heterocycles. The first kappa shape index (κ1) is 16.2. The second kappa shape index (κ2) is 6.09. The summed E-state index contributed by atoms with van der Waals surface area (Å²) in [6.07, 6.45) is 2.62. The molecule has 1 unspecified atom stereocenters. The van der Waals surface area contributed by atoms with Gasteiger partial charge in [-0.15, -0.1) is 0 Å². The van der Waals surface area contributed by atoms with E-state index in [9.17, 15) is 13.6 Å². The summed E-state index contributed by atoms with van der Waals surface area (Å²) in [7, 11) is -3.33. The minimum absolute atomic E-state index is 0.118. The van der Waals surface area contributed by atoms with Gasteiger partial charge in [0.1, 0.15) is 18.4 Å². The van der Waals surface area contributed by atoms with Gasteiger partial charge >= 0.3 is 0 Å². The molecule has 122 valence electrons. The number of benzene rings is 2. The number of quaternary nitrogens is 1. The second-order valence-corrected chi connectivity index (χ2v) is 7.63. The van der Waals surface area contributed by atoms with Crippen LogP contribution in [0.25, 0.3) is 5.70 Å². The average molecular weight is 341 g/mol. The molecular formula is C17H15N3O3S. The lowest BCUT2D eigenvalue weighted by molar-refractivity contribution is -0.805. The summed E-state index contributed by atoms with van der Waals surface area (Å²) < 4.78 is 23.4. The van der Waals surface area contributed by atoms with Crippen molar-refractivity contribution >= 4 is 21.2 Å². The normalized spacial score (nSPS) is 17.0. The number of hydroxylamine groups is 2. The molecule has 2 N–H and O–H groups in total. The number of hydrogen-bond acceptors (Lipinski definition) is 5. The fraction of sp³-hybridized carbons (Fsp3) is 0.118. The van der Waals surface area contributed by atoms with Crippen LogP contribution in [0.2, 0.25) is 0 Å². The zero-order valence-corrected chi connectivity index (χ0v) is 13.7. The van der Waals surface area contributed by atoms with Gasteiger partial charge in [-0.1, -0.05) is 12.1 Å². The monoisotopic (exact) mass is 341 g/mol. The number of rotatable bonds is 2. The Bertz CT molecular complexity index is 975. The summed E-state index contributed by atoms with van der Waals surface area (Å²) in [5, 5.41) is 24.3. The molecule has 0 saturated carbocycles. The molecule has 24 heavy (non-hydrogen) atoms. The third kappa shape index (κ3) is 3.31. The van der Waals surface area contributed by atoms with Crippen molar-refractivity contribution in [1.82, 2.24) is 0 Å². The number of nitrogens with one attached hydrogen (secondary N) is 2. The standard InChI is InChI=1S/C17H15N3O3S/c1-24(22,23)15-5-6-16-14(8-15)10-20(21)11-17(19-16)13-4-2-3-12(7-13)9-18/h2-8,11,19-20H,10H2,1H3. The van der Waals surface area contributed by atoms with E-state index in [0.29, 0.717) is 22.5 Å². The predicted octanol–water partition coefficient (Wildman–Crippen LogP) is 1.27. The first-order valence-electron chi connectivity index (χ1n) is 7.22. The number of fused-ring (bicyclic) bond motifs is 1. The molecule has 1 aliphatic rings. The predicted molar refractivity (Wildman–Crippen MR) is 90.3 cm³/mol. The number of anilines is 1. The van der Waals surface area contributed by atoms with Crippen LogP contribution in [0.4, 0.5) is 5.69 Å². The van der Waals surface area contributed by atoms with Crippen LogP contribution in [0, 0.1) is 16.5 Å². The second-order valence-electron chi connectivity index (χ2n) is 5.61. The van der Waals surface area contributed by atoms with Gasteiger partial charge in [-0.2, -0.15) is 5.26 Å². The first-order chi connectivity index (χ1) is 11.4. The van der Waals surface area contributed by atoms with E-state index in [1.54, 1.807) is 24.3 Å². The molecule has 2 aromatic carbocycles. The van der Waals surface area contributed by atoms with E-state index in [0.717, 1.165) is 11.8 Å². The highest BCUT2D eigenvalue weighted by molar-refractivity contribution is 7.90. The van der Waals surface area contributed by atoms with Gasteiger partial charge < -0.3 is 15.6 Å². The molecule has 7 heteroatoms. The molecule has 0 aliphatic carbocycles. The summed E-state index contributed by atoms with van der Waals surface area (Å²) in [6.45, 7) is 0.118. The van der Waals surface area contributed by atoms with Crippen molar-refractivity contribution in [3.63, 3.8) is 0 Å². The van der Waals surface area contributed by atoms with Crippen LogP contribution < -0.4 is 10.4 Å². The maximum Gasteiger partial charge on any atom is 0.175 e. The molecule has 0 amide bonds. The zero-order valence-electron chi connectivity index (χ0n) is 12.9. The van der Waals surface area contributed by atoms with Gasteiger partial charge in [0.15, 0.2) is 9.84 Å². The third-order valence-corrected chi connectivity index (χ3v) is 4.86. The fourth-order valence-electron chi connectivity index (χ4n) is 2.56. The van der Waals surface area contributed by atoms with Gasteiger partial charge in [0.2, 0.25) is 0 Å². The lowest BCUT2D eigenvalue weighted by Gasteiger charge is -2.16. The van der Waals surface area contributed by atoms with Crippen molar-refractivity contribution in [2.75, 3.05) is 11.6 Å². The summed E-state index contributed by atoms with van der Waals surface area (Å²) in [5.41, 5.74) is 3.12. The van der Waals surface area contributed by atoms with Crippen LogP contribution in [0.3, 0.4) is 0 Å². The topological polar surface area (TPSA) is 97.5 Å². The van der Waals surface area contributed by atoms with Crippen molar-refractivity contribution in [3.8, 4) is 6.07 Å². The van der Waals surface area contributed by atoms with Crippen molar-refractivity contribution in [1.29, 1.82) is 5.26 Å². The van der Waals surface area contributed by atoms with Gasteiger partial charge in [-0.05, 0) is 30.3 Å². The van der Waals surface area contributed by atoms with Crippen LogP contribution in [0.1, 0.15) is 16.7 Å². The molecule has 0 aromatic heterocycles. The van der Waals surface area contributed by atoms with E-state index < -0.39 is 9.84 Å². The van der Waals surface area contributed by atoms with Crippen molar-refractivity contribution < 1.29 is 13.5 Å². The van der Waals surface area contributed by atoms with Gasteiger partial charge in [0.25, 0.3) is 0 Å². The molecule has 0 bridgehead atoms. The molecule has 3 rings (SSSR count). The number of hydrogen-bond donors (Lipinski definition) is 2. The molecule has 2 aromatic rings. The number of nitriles is 1. The lowest BCUT2D eigenvalue weighted by atomic mass is 10.1. The van der Waals surface area contributed by atoms with Crippen molar-refractivity contribution in [2.45, 2.75) is 11.4 Å². The molecule has 1 atom stereocenters. The Hall–Kier alpha value is -2.66. The molecule has 0 radical (unpaired) electrons. The Morgan fingerprint density at radius 3 is 2.75 bits per heavy atom. The summed E-state index contributed by atoms with van der Waals surface area (Å²) >= 11 is 0. The van der Waals surface area contributed by atoms with Crippen LogP contribution in [-0.2, 0) is 16.4 Å². The van der Waals surface area contributed by atoms with Gasteiger partial charge in [0.05, 0.1) is 16.5 Å². The minimum atomic E-state index is -3.33. The Balaban J connectivity index is 2.03. The highest BCUT2D eigenvalue weighted by atomic mass is 32.2. The molecule has 0 saturated heterocycles. The summed E-state index contributed by atoms with van der Waals surface area (Å²) in [5.74, 6) is 0. The van der Waals surface area contributed by atoms with Crippen molar-refractivity contribution in [2.24, 2.45) is 0 Å². The van der Waals surface area contributed by atoms with E-state index in [-0.39, 0.29) is 16.5 Å². The van der Waals surface area contributed by atoms with E-state index in [2.05, 4.69) is 11.4 Å². The highest BCUT2D eigenvalue weighted by Gasteiger charge is 2.18. The maximum absolute atomic E-state index is 12.2. The molecule has 0 fully saturated rings. The molecule has 6 nitrogen and oxygen atoms in total. The Kier molecular flexibility index (Phi) is 4.11. The van der Waals surface area contributed by atoms with Gasteiger partial charge in [-0.3, -0.25) is 0 Å². The van der Waals surface area contributed by atoms with E-state index >= 15 is 0 Å². The Morgan fingerprint density at radius 1 is 1.25 bits per heavy atom. The average Bonchev–Trinajstić information content (AvgIpc) is 2.71. The first-order valence-corrected chi connectivity index (χ1v) is 9.11. The number of sulfone groups is 1. The van der Waals surface area contributed by atoms with Gasteiger partial charge in [0, 0.05) is 23.1 Å². The number of nitrogens with zero attached hydrogens (tertiary/aromatic N) is 1. The van der Waals surface area contributed by atoms with E-state index in [4.69, 9.17) is 5.26 Å². The molecule has 0 spiro atoms. The van der Waals surface area contributed by atoms with Crippen LogP contribution in [0.5, 0.6) is 0 Å². The summed E-state index contributed by atoms with van der Waals surface area (Å²) in [4.78, 5) is 0.186. The Labute approximate surface area is 140 Å². The third-order valence-electron chi connectivity index (χ3n) is 3.75. The molecule has 1 heterocycles. The van der Waals surface area contributed by atoms with E-state index in [1.807, 2.05) is 6.07 Å². The Morgan fingerprint density at radius 2 is 2.04 bits per heavy atom. The molecular weight excluding hydrogens is 326 g/mol. The van der Waals surface area contributed by atoms with Crippen molar-refractivity contribution in [3.05, 3.63) is 70.6 Å². The maximum atomic E-state index is 12.2. The van der Waals surface area contributed by atoms with Gasteiger partial charge in [-0.25, -0.2) is 8.42 Å². The minimum Gasteiger partial charge on any atom is -0.629 e. The SMILES string of the molecule is CS(=O)(=O)c1ccc2c(c1)C[NH+]([O-])C=C(c1cccc(C#N)c1)N2. The lowest BCUT2D eigenvalue weighted by Crippen LogP contribution is -3.00. The van der Waals surface area contributed by atoms with Crippen LogP contribution in [0.15, 0.2) is 53.6 Å². The fourth-order valence-corrected chi connectivity index (χ4v) is 3.23. The highest BCUT2D eigenvalue weighted by Crippen LogP contribution is 2.26. The van der Waals surface area contributed by atoms with Crippen LogP contribution in [-0.4, -0.2) is 14.7 Å². The smallest absolute Gasteiger partial charge is 0.175 e. The van der Waals surface area contributed by atoms with Crippen LogP contribution >= 0.6 is 0 Å². The largest absolute Gasteiger partial charge is 0.629 e. The van der Waals surface area contributed by atoms with E-state index in [1.165, 1.54) is 18.3 Å². The zero-order chi connectivity index (χ0) is 17.3. The quantitative estimate of drug-likeness (QED) is 0.802. The summed E-state index contributed by atoms with van der Waals surface area (Å²) in [6, 6.07) is 13.7.